The largest absolute Gasteiger partial charge is 0.370 e. The molecule has 0 saturated carbocycles. The van der Waals surface area contributed by atoms with Gasteiger partial charge in [0.15, 0.2) is 0 Å². The van der Waals surface area contributed by atoms with E-state index >= 15 is 0 Å². The van der Waals surface area contributed by atoms with Gasteiger partial charge in [-0.2, -0.15) is 4.31 Å². The number of rotatable bonds is 5. The highest BCUT2D eigenvalue weighted by molar-refractivity contribution is 9.10. The molecule has 6 nitrogen and oxygen atoms in total. The normalized spacial score (nSPS) is 17.6. The molecule has 0 aliphatic carbocycles. The molecule has 2 aliphatic heterocycles. The molecule has 1 amide bonds. The summed E-state index contributed by atoms with van der Waals surface area (Å²) < 4.78 is 27.8. The molecule has 2 fully saturated rings. The molecule has 0 spiro atoms. The highest BCUT2D eigenvalue weighted by Crippen LogP contribution is 2.30. The average molecular weight is 478 g/mol. The van der Waals surface area contributed by atoms with E-state index in [1.54, 1.807) is 12.1 Å². The molecule has 0 radical (unpaired) electrons. The molecule has 2 aliphatic rings. The van der Waals surface area contributed by atoms with Crippen LogP contribution in [-0.4, -0.2) is 44.8 Å². The van der Waals surface area contributed by atoms with Gasteiger partial charge in [0, 0.05) is 30.7 Å². The third kappa shape index (κ3) is 4.20. The summed E-state index contributed by atoms with van der Waals surface area (Å²) in [6.45, 7) is 3.01. The summed E-state index contributed by atoms with van der Waals surface area (Å²) >= 11 is 3.40. The molecule has 2 heterocycles. The number of carbonyl (C=O) groups is 1. The van der Waals surface area contributed by atoms with E-state index in [4.69, 9.17) is 0 Å². The van der Waals surface area contributed by atoms with Crippen LogP contribution in [0.4, 0.5) is 11.4 Å². The fourth-order valence-electron chi connectivity index (χ4n) is 3.92. The molecule has 154 valence electrons. The van der Waals surface area contributed by atoms with Crippen molar-refractivity contribution in [2.24, 2.45) is 0 Å². The zero-order chi connectivity index (χ0) is 20.4. The molecule has 8 heteroatoms. The Morgan fingerprint density at radius 3 is 2.31 bits per heavy atom. The van der Waals surface area contributed by atoms with Crippen LogP contribution >= 0.6 is 15.9 Å². The minimum atomic E-state index is -3.58. The zero-order valence-electron chi connectivity index (χ0n) is 16.1. The van der Waals surface area contributed by atoms with Crippen LogP contribution in [0.25, 0.3) is 0 Å². The van der Waals surface area contributed by atoms with Crippen LogP contribution in [0.5, 0.6) is 0 Å². The van der Waals surface area contributed by atoms with Gasteiger partial charge in [-0.25, -0.2) is 8.42 Å². The number of anilines is 2. The maximum Gasteiger partial charge on any atom is 0.256 e. The van der Waals surface area contributed by atoms with Crippen molar-refractivity contribution in [2.45, 2.75) is 30.6 Å². The molecule has 2 saturated heterocycles. The zero-order valence-corrected chi connectivity index (χ0v) is 18.5. The van der Waals surface area contributed by atoms with Gasteiger partial charge in [0.25, 0.3) is 5.91 Å². The Labute approximate surface area is 180 Å². The van der Waals surface area contributed by atoms with Crippen LogP contribution in [0.1, 0.15) is 36.0 Å². The summed E-state index contributed by atoms with van der Waals surface area (Å²) in [6.07, 6.45) is 4.03. The minimum absolute atomic E-state index is 0.153. The maximum absolute atomic E-state index is 13.0. The molecular formula is C21H24BrN3O3S. The average Bonchev–Trinajstić information content (AvgIpc) is 3.43. The Bertz CT molecular complexity index is 1010. The smallest absolute Gasteiger partial charge is 0.256 e. The van der Waals surface area contributed by atoms with Crippen LogP contribution < -0.4 is 10.2 Å². The SMILES string of the molecule is O=C(Nc1ccccc1N1CCCC1)c1cc(S(=O)(=O)N2CCCC2)ccc1Br. The van der Waals surface area contributed by atoms with Gasteiger partial charge in [-0.3, -0.25) is 4.79 Å². The van der Waals surface area contributed by atoms with Gasteiger partial charge in [-0.1, -0.05) is 12.1 Å². The van der Waals surface area contributed by atoms with Crippen LogP contribution in [0.15, 0.2) is 51.8 Å². The fourth-order valence-corrected chi connectivity index (χ4v) is 5.89. The fraction of sp³-hybridized carbons (Fsp3) is 0.381. The van der Waals surface area contributed by atoms with Crippen molar-refractivity contribution in [2.75, 3.05) is 36.4 Å². The first-order valence-electron chi connectivity index (χ1n) is 9.92. The van der Waals surface area contributed by atoms with E-state index in [0.717, 1.165) is 50.1 Å². The van der Waals surface area contributed by atoms with Gasteiger partial charge in [0.05, 0.1) is 21.8 Å². The highest BCUT2D eigenvalue weighted by Gasteiger charge is 2.28. The lowest BCUT2D eigenvalue weighted by Gasteiger charge is -2.22. The Hall–Kier alpha value is -1.90. The molecule has 2 aromatic rings. The first-order valence-corrected chi connectivity index (χ1v) is 12.2. The predicted octanol–water partition coefficient (Wildman–Crippen LogP) is 4.09. The van der Waals surface area contributed by atoms with Gasteiger partial charge < -0.3 is 10.2 Å². The van der Waals surface area contributed by atoms with Gasteiger partial charge in [-0.15, -0.1) is 0 Å². The number of amides is 1. The van der Waals surface area contributed by atoms with Gasteiger partial charge in [-0.05, 0) is 71.9 Å². The van der Waals surface area contributed by atoms with Crippen LogP contribution in [0, 0.1) is 0 Å². The summed E-state index contributed by atoms with van der Waals surface area (Å²) in [4.78, 5) is 15.5. The molecule has 0 aromatic heterocycles. The monoisotopic (exact) mass is 477 g/mol. The summed E-state index contributed by atoms with van der Waals surface area (Å²) in [6, 6.07) is 12.4. The van der Waals surface area contributed by atoms with E-state index in [1.165, 1.54) is 10.4 Å². The lowest BCUT2D eigenvalue weighted by molar-refractivity contribution is 0.102. The third-order valence-electron chi connectivity index (χ3n) is 5.48. The molecule has 2 aromatic carbocycles. The van der Waals surface area contributed by atoms with E-state index in [9.17, 15) is 13.2 Å². The topological polar surface area (TPSA) is 69.7 Å². The first kappa shape index (κ1) is 20.4. The molecule has 0 bridgehead atoms. The Morgan fingerprint density at radius 1 is 0.931 bits per heavy atom. The second-order valence-electron chi connectivity index (χ2n) is 7.42. The third-order valence-corrected chi connectivity index (χ3v) is 8.07. The summed E-state index contributed by atoms with van der Waals surface area (Å²) in [5.74, 6) is -0.331. The quantitative estimate of drug-likeness (QED) is 0.703. The van der Waals surface area contributed by atoms with Crippen molar-refractivity contribution in [3.8, 4) is 0 Å². The lowest BCUT2D eigenvalue weighted by atomic mass is 10.2. The number of carbonyl (C=O) groups excluding carboxylic acids is 1. The second-order valence-corrected chi connectivity index (χ2v) is 10.2. The van der Waals surface area contributed by atoms with Crippen molar-refractivity contribution in [1.29, 1.82) is 0 Å². The van der Waals surface area contributed by atoms with Gasteiger partial charge >= 0.3 is 0 Å². The van der Waals surface area contributed by atoms with Gasteiger partial charge in [0.1, 0.15) is 0 Å². The van der Waals surface area contributed by atoms with Crippen LogP contribution in [0.2, 0.25) is 0 Å². The number of hydrogen-bond acceptors (Lipinski definition) is 4. The number of nitrogens with zero attached hydrogens (tertiary/aromatic N) is 2. The minimum Gasteiger partial charge on any atom is -0.370 e. The van der Waals surface area contributed by atoms with E-state index in [0.29, 0.717) is 23.1 Å². The Kier molecular flexibility index (Phi) is 5.94. The molecule has 0 unspecified atom stereocenters. The highest BCUT2D eigenvalue weighted by atomic mass is 79.9. The number of sulfonamides is 1. The molecule has 29 heavy (non-hydrogen) atoms. The molecule has 1 N–H and O–H groups in total. The van der Waals surface area contributed by atoms with E-state index in [1.807, 2.05) is 24.3 Å². The standard InChI is InChI=1S/C21H24BrN3O3S/c22-18-10-9-16(29(27,28)25-13-5-6-14-25)15-17(18)21(26)23-19-7-1-2-8-20(19)24-11-3-4-12-24/h1-2,7-10,15H,3-6,11-14H2,(H,23,26). The van der Waals surface area contributed by atoms with E-state index in [2.05, 4.69) is 26.1 Å². The number of para-hydroxylation sites is 2. The number of hydrogen-bond donors (Lipinski definition) is 1. The van der Waals surface area contributed by atoms with E-state index in [-0.39, 0.29) is 10.8 Å². The van der Waals surface area contributed by atoms with Crippen molar-refractivity contribution in [3.63, 3.8) is 0 Å². The molecule has 4 rings (SSSR count). The summed E-state index contributed by atoms with van der Waals surface area (Å²) in [5.41, 5.74) is 2.04. The molecule has 0 atom stereocenters. The Balaban J connectivity index is 1.61. The van der Waals surface area contributed by atoms with Crippen LogP contribution in [-0.2, 0) is 10.0 Å². The predicted molar refractivity (Wildman–Crippen MR) is 118 cm³/mol. The number of nitrogens with one attached hydrogen (secondary N) is 1. The van der Waals surface area contributed by atoms with Crippen molar-refractivity contribution in [3.05, 3.63) is 52.5 Å². The van der Waals surface area contributed by atoms with Crippen LogP contribution in [0.3, 0.4) is 0 Å². The Morgan fingerprint density at radius 2 is 1.59 bits per heavy atom. The van der Waals surface area contributed by atoms with Crippen molar-refractivity contribution < 1.29 is 13.2 Å². The summed E-state index contributed by atoms with van der Waals surface area (Å²) in [5, 5.41) is 2.97. The first-order chi connectivity index (χ1) is 14.0. The maximum atomic E-state index is 13.0. The second kappa shape index (κ2) is 8.45. The number of halogens is 1. The van der Waals surface area contributed by atoms with E-state index < -0.39 is 10.0 Å². The van der Waals surface area contributed by atoms with Gasteiger partial charge in [0.2, 0.25) is 10.0 Å². The number of benzene rings is 2. The van der Waals surface area contributed by atoms with Crippen molar-refractivity contribution >= 4 is 43.2 Å². The van der Waals surface area contributed by atoms with Crippen molar-refractivity contribution in [1.82, 2.24) is 4.31 Å². The lowest BCUT2D eigenvalue weighted by Crippen LogP contribution is -2.28. The summed E-state index contributed by atoms with van der Waals surface area (Å²) in [7, 11) is -3.58. The molecular weight excluding hydrogens is 454 g/mol.